The van der Waals surface area contributed by atoms with E-state index in [0.29, 0.717) is 13.1 Å². The Balaban J connectivity index is 1.65. The van der Waals surface area contributed by atoms with Crippen LogP contribution in [-0.2, 0) is 16.1 Å². The molecule has 2 aliphatic rings. The van der Waals surface area contributed by atoms with Crippen LogP contribution in [0, 0.1) is 11.8 Å². The van der Waals surface area contributed by atoms with E-state index in [1.807, 2.05) is 12.1 Å². The van der Waals surface area contributed by atoms with E-state index in [2.05, 4.69) is 16.7 Å². The van der Waals surface area contributed by atoms with Crippen LogP contribution in [0.4, 0.5) is 0 Å². The molecular formula is C16H19N3O3S. The lowest BCUT2D eigenvalue weighted by Crippen LogP contribution is -2.65. The quantitative estimate of drug-likeness (QED) is 0.747. The number of thiophene rings is 1. The van der Waals surface area contributed by atoms with Gasteiger partial charge in [-0.15, -0.1) is 11.3 Å². The molecule has 1 N–H and O–H groups in total. The molecule has 23 heavy (non-hydrogen) atoms. The lowest BCUT2D eigenvalue weighted by molar-refractivity contribution is -0.158. The molecule has 0 spiro atoms. The van der Waals surface area contributed by atoms with Crippen LogP contribution in [0.15, 0.2) is 12.1 Å². The SMILES string of the molecule is CN1CC(=O)N2CCN(Cc3ccc(C#CCO)s3)CC2C1=O. The van der Waals surface area contributed by atoms with E-state index in [4.69, 9.17) is 5.11 Å². The highest BCUT2D eigenvalue weighted by atomic mass is 32.1. The van der Waals surface area contributed by atoms with Crippen molar-refractivity contribution in [3.8, 4) is 11.8 Å². The summed E-state index contributed by atoms with van der Waals surface area (Å²) >= 11 is 1.60. The molecule has 1 unspecified atom stereocenters. The van der Waals surface area contributed by atoms with Gasteiger partial charge in [-0.05, 0) is 12.1 Å². The maximum absolute atomic E-state index is 12.3. The van der Waals surface area contributed by atoms with Gasteiger partial charge in [0.05, 0.1) is 11.4 Å². The summed E-state index contributed by atoms with van der Waals surface area (Å²) in [4.78, 5) is 31.9. The fourth-order valence-corrected chi connectivity index (χ4v) is 3.92. The summed E-state index contributed by atoms with van der Waals surface area (Å²) in [5.74, 6) is 5.60. The summed E-state index contributed by atoms with van der Waals surface area (Å²) < 4.78 is 0. The second-order valence-corrected chi connectivity index (χ2v) is 6.93. The number of hydrogen-bond acceptors (Lipinski definition) is 5. The van der Waals surface area contributed by atoms with Gasteiger partial charge in [-0.2, -0.15) is 0 Å². The number of amides is 2. The zero-order chi connectivity index (χ0) is 16.4. The van der Waals surface area contributed by atoms with Gasteiger partial charge >= 0.3 is 0 Å². The molecule has 2 aliphatic heterocycles. The Kier molecular flexibility index (Phi) is 4.66. The number of nitrogens with zero attached hydrogens (tertiary/aromatic N) is 3. The zero-order valence-electron chi connectivity index (χ0n) is 13.0. The number of likely N-dealkylation sites (N-methyl/N-ethyl adjacent to an activating group) is 1. The van der Waals surface area contributed by atoms with E-state index < -0.39 is 0 Å². The van der Waals surface area contributed by atoms with Crippen molar-refractivity contribution in [1.82, 2.24) is 14.7 Å². The summed E-state index contributed by atoms with van der Waals surface area (Å²) in [6.45, 7) is 2.75. The van der Waals surface area contributed by atoms with Crippen LogP contribution in [0.3, 0.4) is 0 Å². The first kappa shape index (κ1) is 16.0. The van der Waals surface area contributed by atoms with Gasteiger partial charge < -0.3 is 14.9 Å². The molecule has 2 amide bonds. The molecule has 0 bridgehead atoms. The molecule has 0 saturated carbocycles. The number of aliphatic hydroxyl groups excluding tert-OH is 1. The minimum Gasteiger partial charge on any atom is -0.384 e. The summed E-state index contributed by atoms with van der Waals surface area (Å²) in [6.07, 6.45) is 0. The first-order chi connectivity index (χ1) is 11.1. The molecule has 3 heterocycles. The van der Waals surface area contributed by atoms with Crippen molar-refractivity contribution >= 4 is 23.2 Å². The van der Waals surface area contributed by atoms with Gasteiger partial charge in [-0.1, -0.05) is 11.8 Å². The number of aliphatic hydroxyl groups is 1. The van der Waals surface area contributed by atoms with Gasteiger partial charge in [0, 0.05) is 38.1 Å². The number of fused-ring (bicyclic) bond motifs is 1. The molecule has 1 atom stereocenters. The molecule has 6 nitrogen and oxygen atoms in total. The fraction of sp³-hybridized carbons (Fsp3) is 0.500. The third-order valence-electron chi connectivity index (χ3n) is 4.15. The van der Waals surface area contributed by atoms with Crippen molar-refractivity contribution in [2.75, 3.05) is 39.8 Å². The largest absolute Gasteiger partial charge is 0.384 e. The third kappa shape index (κ3) is 3.39. The maximum Gasteiger partial charge on any atom is 0.246 e. The van der Waals surface area contributed by atoms with Gasteiger partial charge in [0.15, 0.2) is 0 Å². The molecule has 1 aromatic rings. The smallest absolute Gasteiger partial charge is 0.246 e. The second-order valence-electron chi connectivity index (χ2n) is 5.76. The molecule has 122 valence electrons. The highest BCUT2D eigenvalue weighted by Crippen LogP contribution is 2.22. The van der Waals surface area contributed by atoms with E-state index in [-0.39, 0.29) is 31.0 Å². The van der Waals surface area contributed by atoms with Gasteiger partial charge in [0.1, 0.15) is 12.6 Å². The van der Waals surface area contributed by atoms with Crippen molar-refractivity contribution in [3.63, 3.8) is 0 Å². The minimum absolute atomic E-state index is 0.0231. The molecule has 2 saturated heterocycles. The van der Waals surface area contributed by atoms with Crippen LogP contribution >= 0.6 is 11.3 Å². The van der Waals surface area contributed by atoms with Gasteiger partial charge in [0.2, 0.25) is 11.8 Å². The highest BCUT2D eigenvalue weighted by molar-refractivity contribution is 7.12. The average Bonchev–Trinajstić information content (AvgIpc) is 2.98. The molecule has 0 aromatic carbocycles. The monoisotopic (exact) mass is 333 g/mol. The molecule has 2 fully saturated rings. The number of piperazine rings is 2. The van der Waals surface area contributed by atoms with Gasteiger partial charge in [-0.25, -0.2) is 0 Å². The minimum atomic E-state index is -0.358. The van der Waals surface area contributed by atoms with Crippen LogP contribution < -0.4 is 0 Å². The average molecular weight is 333 g/mol. The summed E-state index contributed by atoms with van der Waals surface area (Å²) in [6, 6.07) is 3.61. The number of carbonyl (C=O) groups is 2. The van der Waals surface area contributed by atoms with Crippen molar-refractivity contribution in [2.24, 2.45) is 0 Å². The van der Waals surface area contributed by atoms with Crippen LogP contribution in [-0.4, -0.2) is 77.5 Å². The normalized spacial score (nSPS) is 21.9. The Morgan fingerprint density at radius 3 is 2.96 bits per heavy atom. The molecule has 1 aromatic heterocycles. The van der Waals surface area contributed by atoms with Crippen LogP contribution in [0.5, 0.6) is 0 Å². The van der Waals surface area contributed by atoms with Gasteiger partial charge in [-0.3, -0.25) is 14.5 Å². The first-order valence-corrected chi connectivity index (χ1v) is 8.35. The second kappa shape index (κ2) is 6.71. The van der Waals surface area contributed by atoms with Crippen molar-refractivity contribution < 1.29 is 14.7 Å². The van der Waals surface area contributed by atoms with Crippen molar-refractivity contribution in [2.45, 2.75) is 12.6 Å². The predicted octanol–water partition coefficient (Wildman–Crippen LogP) is -0.423. The lowest BCUT2D eigenvalue weighted by Gasteiger charge is -2.45. The molecule has 3 rings (SSSR count). The van der Waals surface area contributed by atoms with Crippen molar-refractivity contribution in [3.05, 3.63) is 21.9 Å². The Morgan fingerprint density at radius 1 is 1.35 bits per heavy atom. The Bertz CT molecular complexity index is 676. The first-order valence-electron chi connectivity index (χ1n) is 7.53. The van der Waals surface area contributed by atoms with E-state index in [0.717, 1.165) is 18.0 Å². The van der Waals surface area contributed by atoms with E-state index >= 15 is 0 Å². The van der Waals surface area contributed by atoms with Gasteiger partial charge in [0.25, 0.3) is 0 Å². The number of hydrogen-bond donors (Lipinski definition) is 1. The highest BCUT2D eigenvalue weighted by Gasteiger charge is 2.41. The van der Waals surface area contributed by atoms with Crippen molar-refractivity contribution in [1.29, 1.82) is 0 Å². The summed E-state index contributed by atoms with van der Waals surface area (Å²) in [7, 11) is 1.68. The molecule has 0 aliphatic carbocycles. The Hall–Kier alpha value is -1.88. The molecular weight excluding hydrogens is 314 g/mol. The van der Waals surface area contributed by atoms with E-state index in [9.17, 15) is 9.59 Å². The van der Waals surface area contributed by atoms with E-state index in [1.165, 1.54) is 9.78 Å². The van der Waals surface area contributed by atoms with Crippen LogP contribution in [0.25, 0.3) is 0 Å². The maximum atomic E-state index is 12.3. The standard InChI is InChI=1S/C16H19N3O3S/c1-17-11-15(21)19-7-6-18(10-14(19)16(17)22)9-13-5-4-12(23-13)3-2-8-20/h4-5,14,20H,6-11H2,1H3. The molecule has 0 radical (unpaired) electrons. The topological polar surface area (TPSA) is 64.1 Å². The number of carbonyl (C=O) groups excluding carboxylic acids is 2. The Labute approximate surface area is 139 Å². The summed E-state index contributed by atoms with van der Waals surface area (Å²) in [5, 5.41) is 8.73. The van der Waals surface area contributed by atoms with E-state index in [1.54, 1.807) is 23.3 Å². The summed E-state index contributed by atoms with van der Waals surface area (Å²) in [5.41, 5.74) is 0. The zero-order valence-corrected chi connectivity index (χ0v) is 13.8. The fourth-order valence-electron chi connectivity index (χ4n) is 3.00. The lowest BCUT2D eigenvalue weighted by atomic mass is 10.1. The predicted molar refractivity (Wildman–Crippen MR) is 86.7 cm³/mol. The molecule has 7 heteroatoms. The Morgan fingerprint density at radius 2 is 2.17 bits per heavy atom. The third-order valence-corrected chi connectivity index (χ3v) is 5.14. The van der Waals surface area contributed by atoms with Crippen LogP contribution in [0.2, 0.25) is 0 Å². The number of rotatable bonds is 2. The van der Waals surface area contributed by atoms with Crippen LogP contribution in [0.1, 0.15) is 9.75 Å².